The third-order valence-electron chi connectivity index (χ3n) is 6.24. The molecule has 6 nitrogen and oxygen atoms in total. The molecule has 156 valence electrons. The van der Waals surface area contributed by atoms with Crippen molar-refractivity contribution < 1.29 is 4.79 Å². The van der Waals surface area contributed by atoms with E-state index in [2.05, 4.69) is 15.1 Å². The molecule has 0 atom stereocenters. The van der Waals surface area contributed by atoms with E-state index in [1.165, 1.54) is 37.1 Å². The number of benzene rings is 1. The van der Waals surface area contributed by atoms with Crippen molar-refractivity contribution in [3.8, 4) is 5.69 Å². The molecule has 3 heterocycles. The molecule has 1 saturated heterocycles. The van der Waals surface area contributed by atoms with Crippen molar-refractivity contribution in [2.24, 2.45) is 0 Å². The van der Waals surface area contributed by atoms with Gasteiger partial charge in [0, 0.05) is 55.7 Å². The van der Waals surface area contributed by atoms with E-state index in [4.69, 9.17) is 0 Å². The number of rotatable bonds is 4. The van der Waals surface area contributed by atoms with Gasteiger partial charge in [0.15, 0.2) is 0 Å². The lowest BCUT2D eigenvalue weighted by molar-refractivity contribution is 0.0747. The molecule has 30 heavy (non-hydrogen) atoms. The molecule has 7 heteroatoms. The van der Waals surface area contributed by atoms with Crippen molar-refractivity contribution in [1.82, 2.24) is 19.7 Å². The van der Waals surface area contributed by atoms with E-state index in [0.717, 1.165) is 42.6 Å². The fraction of sp³-hybridized carbons (Fsp3) is 0.435. The summed E-state index contributed by atoms with van der Waals surface area (Å²) in [4.78, 5) is 17.2. The van der Waals surface area contributed by atoms with Gasteiger partial charge in [-0.15, -0.1) is 10.2 Å². The second kappa shape index (κ2) is 8.60. The predicted molar refractivity (Wildman–Crippen MR) is 120 cm³/mol. The number of hydrogen-bond acceptors (Lipinski definition) is 5. The molecule has 0 unspecified atom stereocenters. The predicted octanol–water partition coefficient (Wildman–Crippen LogP) is 4.34. The summed E-state index contributed by atoms with van der Waals surface area (Å²) in [6, 6.07) is 11.8. The van der Waals surface area contributed by atoms with Crippen LogP contribution in [0.1, 0.15) is 53.4 Å². The molecule has 0 N–H and O–H groups in total. The summed E-state index contributed by atoms with van der Waals surface area (Å²) in [6.45, 7) is 3.06. The Hall–Kier alpha value is -2.67. The number of aromatic nitrogens is 3. The van der Waals surface area contributed by atoms with Crippen LogP contribution in [0.15, 0.2) is 48.8 Å². The highest BCUT2D eigenvalue weighted by Crippen LogP contribution is 2.36. The van der Waals surface area contributed by atoms with Crippen LogP contribution in [-0.2, 0) is 0 Å². The number of carbonyl (C=O) groups excluding carboxylic acids is 1. The second-order valence-corrected chi connectivity index (χ2v) is 9.16. The van der Waals surface area contributed by atoms with Gasteiger partial charge in [0.1, 0.15) is 5.01 Å². The van der Waals surface area contributed by atoms with E-state index in [1.54, 1.807) is 11.3 Å². The van der Waals surface area contributed by atoms with E-state index in [0.29, 0.717) is 5.92 Å². The van der Waals surface area contributed by atoms with Crippen molar-refractivity contribution in [2.45, 2.75) is 38.0 Å². The largest absolute Gasteiger partial charge is 0.343 e. The molecule has 1 aliphatic carbocycles. The summed E-state index contributed by atoms with van der Waals surface area (Å²) in [5.41, 5.74) is 1.81. The summed E-state index contributed by atoms with van der Waals surface area (Å²) < 4.78 is 2.04. The molecule has 5 rings (SSSR count). The lowest BCUT2D eigenvalue weighted by Gasteiger charge is -2.34. The summed E-state index contributed by atoms with van der Waals surface area (Å²) in [7, 11) is 0. The smallest absolute Gasteiger partial charge is 0.253 e. The van der Waals surface area contributed by atoms with Gasteiger partial charge in [-0.2, -0.15) is 0 Å². The van der Waals surface area contributed by atoms with E-state index in [9.17, 15) is 4.79 Å². The Morgan fingerprint density at radius 1 is 0.900 bits per heavy atom. The Morgan fingerprint density at radius 3 is 2.30 bits per heavy atom. The number of amides is 1. The van der Waals surface area contributed by atoms with Gasteiger partial charge < -0.3 is 14.4 Å². The number of anilines is 1. The molecule has 2 fully saturated rings. The first kappa shape index (κ1) is 19.3. The molecule has 1 saturated carbocycles. The van der Waals surface area contributed by atoms with Crippen LogP contribution in [0.5, 0.6) is 0 Å². The highest BCUT2D eigenvalue weighted by molar-refractivity contribution is 7.15. The van der Waals surface area contributed by atoms with Crippen molar-refractivity contribution in [2.75, 3.05) is 31.1 Å². The number of carbonyl (C=O) groups is 1. The minimum Gasteiger partial charge on any atom is -0.343 e. The molecule has 1 aromatic carbocycles. The normalized spacial score (nSPS) is 18.0. The fourth-order valence-electron chi connectivity index (χ4n) is 4.43. The minimum atomic E-state index is 0.105. The lowest BCUT2D eigenvalue weighted by atomic mass is 9.90. The molecule has 2 aromatic heterocycles. The topological polar surface area (TPSA) is 54.3 Å². The van der Waals surface area contributed by atoms with E-state index < -0.39 is 0 Å². The quantitative estimate of drug-likeness (QED) is 0.629. The second-order valence-electron chi connectivity index (χ2n) is 8.17. The SMILES string of the molecule is O=C(c1ccc(-n2cccc2)cc1)N1CCN(c2nnc(C3CCCCC3)s2)CC1. The summed E-state index contributed by atoms with van der Waals surface area (Å²) in [6.07, 6.45) is 10.5. The third-order valence-corrected chi connectivity index (χ3v) is 7.39. The Balaban J connectivity index is 1.18. The van der Waals surface area contributed by atoms with Gasteiger partial charge in [0.2, 0.25) is 5.13 Å². The Kier molecular flexibility index (Phi) is 5.53. The lowest BCUT2D eigenvalue weighted by Crippen LogP contribution is -2.48. The molecule has 0 bridgehead atoms. The van der Waals surface area contributed by atoms with Gasteiger partial charge in [0.25, 0.3) is 5.91 Å². The Morgan fingerprint density at radius 2 is 1.60 bits per heavy atom. The highest BCUT2D eigenvalue weighted by atomic mass is 32.1. The van der Waals surface area contributed by atoms with Crippen molar-refractivity contribution in [3.63, 3.8) is 0 Å². The average Bonchev–Trinajstić information content (AvgIpc) is 3.52. The average molecular weight is 422 g/mol. The van der Waals surface area contributed by atoms with Crippen molar-refractivity contribution >= 4 is 22.4 Å². The first-order valence-corrected chi connectivity index (χ1v) is 11.7. The van der Waals surface area contributed by atoms with Gasteiger partial charge in [-0.05, 0) is 49.2 Å². The van der Waals surface area contributed by atoms with E-state index in [-0.39, 0.29) is 5.91 Å². The number of hydrogen-bond donors (Lipinski definition) is 0. The van der Waals surface area contributed by atoms with Crippen LogP contribution in [0.3, 0.4) is 0 Å². The van der Waals surface area contributed by atoms with E-state index in [1.807, 2.05) is 58.3 Å². The Labute approximate surface area is 181 Å². The third kappa shape index (κ3) is 3.99. The molecule has 1 amide bonds. The van der Waals surface area contributed by atoms with Gasteiger partial charge in [0.05, 0.1) is 0 Å². The van der Waals surface area contributed by atoms with Gasteiger partial charge in [-0.3, -0.25) is 4.79 Å². The van der Waals surface area contributed by atoms with Crippen molar-refractivity contribution in [3.05, 3.63) is 59.4 Å². The zero-order valence-electron chi connectivity index (χ0n) is 17.1. The maximum Gasteiger partial charge on any atom is 0.253 e. The van der Waals surface area contributed by atoms with Crippen LogP contribution in [0.25, 0.3) is 5.69 Å². The fourth-order valence-corrected chi connectivity index (χ4v) is 5.50. The van der Waals surface area contributed by atoms with Crippen LogP contribution in [0, 0.1) is 0 Å². The molecule has 1 aliphatic heterocycles. The molecular formula is C23H27N5OS. The molecule has 3 aromatic rings. The van der Waals surface area contributed by atoms with Crippen LogP contribution in [-0.4, -0.2) is 51.8 Å². The maximum absolute atomic E-state index is 12.9. The van der Waals surface area contributed by atoms with Gasteiger partial charge in [-0.1, -0.05) is 30.6 Å². The first-order chi connectivity index (χ1) is 14.8. The first-order valence-electron chi connectivity index (χ1n) is 10.9. The number of nitrogens with zero attached hydrogens (tertiary/aromatic N) is 5. The van der Waals surface area contributed by atoms with Gasteiger partial charge in [-0.25, -0.2) is 0 Å². The summed E-state index contributed by atoms with van der Waals surface area (Å²) in [5.74, 6) is 0.705. The van der Waals surface area contributed by atoms with Crippen molar-refractivity contribution in [1.29, 1.82) is 0 Å². The van der Waals surface area contributed by atoms with Gasteiger partial charge >= 0.3 is 0 Å². The Bertz CT molecular complexity index is 967. The highest BCUT2D eigenvalue weighted by Gasteiger charge is 2.26. The monoisotopic (exact) mass is 421 g/mol. The van der Waals surface area contributed by atoms with Crippen LogP contribution in [0.2, 0.25) is 0 Å². The summed E-state index contributed by atoms with van der Waals surface area (Å²) >= 11 is 1.75. The summed E-state index contributed by atoms with van der Waals surface area (Å²) in [5, 5.41) is 11.2. The maximum atomic E-state index is 12.9. The number of piperazine rings is 1. The molecule has 2 aliphatic rings. The molecule has 0 radical (unpaired) electrons. The zero-order valence-corrected chi connectivity index (χ0v) is 17.9. The molecular weight excluding hydrogens is 394 g/mol. The van der Waals surface area contributed by atoms with Crippen LogP contribution in [0.4, 0.5) is 5.13 Å². The standard InChI is InChI=1S/C23H27N5OS/c29-22(19-8-10-20(11-9-19)26-12-4-5-13-26)27-14-16-28(17-15-27)23-25-24-21(30-23)18-6-2-1-3-7-18/h4-5,8-13,18H,1-3,6-7,14-17H2. The molecule has 0 spiro atoms. The van der Waals surface area contributed by atoms with E-state index >= 15 is 0 Å². The van der Waals surface area contributed by atoms with Crippen LogP contribution < -0.4 is 4.90 Å². The van der Waals surface area contributed by atoms with Crippen LogP contribution >= 0.6 is 11.3 Å². The zero-order chi connectivity index (χ0) is 20.3. The minimum absolute atomic E-state index is 0.105.